The molecule has 0 radical (unpaired) electrons. The summed E-state index contributed by atoms with van der Waals surface area (Å²) in [6, 6.07) is 13.0. The summed E-state index contributed by atoms with van der Waals surface area (Å²) >= 11 is 1.74. The van der Waals surface area contributed by atoms with Crippen molar-refractivity contribution in [2.75, 3.05) is 5.32 Å². The second kappa shape index (κ2) is 5.02. The van der Waals surface area contributed by atoms with E-state index in [-0.39, 0.29) is 6.04 Å². The van der Waals surface area contributed by atoms with Crippen molar-refractivity contribution in [2.45, 2.75) is 19.9 Å². The summed E-state index contributed by atoms with van der Waals surface area (Å²) in [5, 5.41) is 5.59. The predicted molar refractivity (Wildman–Crippen MR) is 82.8 cm³/mol. The summed E-state index contributed by atoms with van der Waals surface area (Å²) in [7, 11) is 0. The van der Waals surface area contributed by atoms with Gasteiger partial charge in [-0.05, 0) is 49.1 Å². The molecule has 1 unspecified atom stereocenters. The zero-order valence-electron chi connectivity index (χ0n) is 11.1. The first-order chi connectivity index (χ1) is 9.22. The molecule has 1 atom stereocenters. The Kier molecular flexibility index (Phi) is 3.22. The van der Waals surface area contributed by atoms with Gasteiger partial charge in [-0.25, -0.2) is 0 Å². The van der Waals surface area contributed by atoms with Gasteiger partial charge in [0.2, 0.25) is 0 Å². The van der Waals surface area contributed by atoms with E-state index < -0.39 is 0 Å². The summed E-state index contributed by atoms with van der Waals surface area (Å²) in [6.07, 6.45) is 1.96. The molecule has 0 bridgehead atoms. The molecule has 0 aliphatic rings. The van der Waals surface area contributed by atoms with Crippen molar-refractivity contribution in [3.05, 3.63) is 59.1 Å². The van der Waals surface area contributed by atoms with Crippen LogP contribution in [0.2, 0.25) is 0 Å². The number of nitrogens with zero attached hydrogens (tertiary/aromatic N) is 1. The van der Waals surface area contributed by atoms with Crippen molar-refractivity contribution in [1.82, 2.24) is 4.98 Å². The van der Waals surface area contributed by atoms with Crippen LogP contribution >= 0.6 is 11.3 Å². The van der Waals surface area contributed by atoms with E-state index in [9.17, 15) is 0 Å². The van der Waals surface area contributed by atoms with Crippen LogP contribution in [0.25, 0.3) is 10.2 Å². The maximum Gasteiger partial charge on any atom is 0.0809 e. The molecule has 0 saturated carbocycles. The zero-order valence-corrected chi connectivity index (χ0v) is 11.9. The van der Waals surface area contributed by atoms with Crippen molar-refractivity contribution in [3.8, 4) is 0 Å². The topological polar surface area (TPSA) is 24.9 Å². The molecule has 0 aliphatic heterocycles. The monoisotopic (exact) mass is 268 g/mol. The Hall–Kier alpha value is -1.87. The van der Waals surface area contributed by atoms with Crippen LogP contribution < -0.4 is 5.32 Å². The molecule has 2 nitrogen and oxygen atoms in total. The summed E-state index contributed by atoms with van der Waals surface area (Å²) in [6.45, 7) is 4.26. The molecule has 0 aliphatic carbocycles. The largest absolute Gasteiger partial charge is 0.378 e. The van der Waals surface area contributed by atoms with Crippen LogP contribution in [0.5, 0.6) is 0 Å². The summed E-state index contributed by atoms with van der Waals surface area (Å²) in [5.41, 5.74) is 4.72. The van der Waals surface area contributed by atoms with Gasteiger partial charge in [-0.1, -0.05) is 17.7 Å². The lowest BCUT2D eigenvalue weighted by molar-refractivity contribution is 0.880. The Morgan fingerprint density at radius 2 is 1.95 bits per heavy atom. The number of pyridine rings is 1. The highest BCUT2D eigenvalue weighted by molar-refractivity contribution is 7.17. The average Bonchev–Trinajstić information content (AvgIpc) is 2.88. The first-order valence-corrected chi connectivity index (χ1v) is 7.27. The van der Waals surface area contributed by atoms with E-state index in [2.05, 4.69) is 65.9 Å². The van der Waals surface area contributed by atoms with E-state index in [4.69, 9.17) is 0 Å². The van der Waals surface area contributed by atoms with Crippen LogP contribution in [0.1, 0.15) is 24.1 Å². The van der Waals surface area contributed by atoms with Gasteiger partial charge in [-0.2, -0.15) is 0 Å². The lowest BCUT2D eigenvalue weighted by atomic mass is 10.1. The molecule has 0 fully saturated rings. The molecule has 2 aromatic heterocycles. The molecule has 1 aromatic carbocycles. The van der Waals surface area contributed by atoms with Crippen LogP contribution in [-0.2, 0) is 0 Å². The van der Waals surface area contributed by atoms with Gasteiger partial charge in [0.1, 0.15) is 0 Å². The molecule has 3 aromatic rings. The van der Waals surface area contributed by atoms with Crippen molar-refractivity contribution >= 4 is 27.2 Å². The van der Waals surface area contributed by atoms with Gasteiger partial charge in [0.05, 0.1) is 16.3 Å². The van der Waals surface area contributed by atoms with Crippen molar-refractivity contribution < 1.29 is 0 Å². The zero-order chi connectivity index (χ0) is 13.2. The number of rotatable bonds is 3. The highest BCUT2D eigenvalue weighted by Gasteiger charge is 2.07. The minimum absolute atomic E-state index is 0.252. The van der Waals surface area contributed by atoms with Gasteiger partial charge in [-0.15, -0.1) is 11.3 Å². The van der Waals surface area contributed by atoms with Crippen LogP contribution in [-0.4, -0.2) is 4.98 Å². The molecular formula is C16H16N2S. The highest BCUT2D eigenvalue weighted by Crippen LogP contribution is 2.24. The normalized spacial score (nSPS) is 12.5. The second-order valence-electron chi connectivity index (χ2n) is 4.80. The summed E-state index contributed by atoms with van der Waals surface area (Å²) in [4.78, 5) is 4.49. The molecule has 1 N–H and O–H groups in total. The Morgan fingerprint density at radius 1 is 1.16 bits per heavy atom. The molecule has 2 heterocycles. The smallest absolute Gasteiger partial charge is 0.0809 e. The van der Waals surface area contributed by atoms with E-state index in [0.29, 0.717) is 0 Å². The standard InChI is InChI=1S/C16H16N2S/c1-11-3-5-14(6-4-11)18-12(2)13-9-16-15(17-10-13)7-8-19-16/h3-10,12,18H,1-2H3. The number of fused-ring (bicyclic) bond motifs is 1. The van der Waals surface area contributed by atoms with E-state index in [1.807, 2.05) is 6.20 Å². The minimum atomic E-state index is 0.252. The third-order valence-corrected chi connectivity index (χ3v) is 4.11. The van der Waals surface area contributed by atoms with Crippen LogP contribution in [0.4, 0.5) is 5.69 Å². The number of aryl methyl sites for hydroxylation is 1. The van der Waals surface area contributed by atoms with Crippen LogP contribution in [0, 0.1) is 6.92 Å². The summed E-state index contributed by atoms with van der Waals surface area (Å²) in [5.74, 6) is 0. The van der Waals surface area contributed by atoms with Crippen LogP contribution in [0.3, 0.4) is 0 Å². The minimum Gasteiger partial charge on any atom is -0.378 e. The second-order valence-corrected chi connectivity index (χ2v) is 5.75. The van der Waals surface area contributed by atoms with Crippen molar-refractivity contribution in [2.24, 2.45) is 0 Å². The maximum atomic E-state index is 4.49. The van der Waals surface area contributed by atoms with E-state index >= 15 is 0 Å². The number of aromatic nitrogens is 1. The molecular weight excluding hydrogens is 252 g/mol. The van der Waals surface area contributed by atoms with Crippen molar-refractivity contribution in [3.63, 3.8) is 0 Å². The Morgan fingerprint density at radius 3 is 2.74 bits per heavy atom. The SMILES string of the molecule is Cc1ccc(NC(C)c2cnc3ccsc3c2)cc1. The van der Waals surface area contributed by atoms with E-state index in [0.717, 1.165) is 11.2 Å². The molecule has 0 amide bonds. The van der Waals surface area contributed by atoms with E-state index in [1.165, 1.54) is 15.8 Å². The van der Waals surface area contributed by atoms with Gasteiger partial charge in [0.15, 0.2) is 0 Å². The molecule has 0 saturated heterocycles. The molecule has 96 valence electrons. The van der Waals surface area contributed by atoms with Crippen LogP contribution in [0.15, 0.2) is 48.0 Å². The highest BCUT2D eigenvalue weighted by atomic mass is 32.1. The maximum absolute atomic E-state index is 4.49. The van der Waals surface area contributed by atoms with Gasteiger partial charge in [0.25, 0.3) is 0 Å². The molecule has 3 heteroatoms. The Bertz CT molecular complexity index is 685. The fraction of sp³-hybridized carbons (Fsp3) is 0.188. The Balaban J connectivity index is 1.82. The van der Waals surface area contributed by atoms with Crippen molar-refractivity contribution in [1.29, 1.82) is 0 Å². The lowest BCUT2D eigenvalue weighted by Gasteiger charge is -2.15. The number of benzene rings is 1. The average molecular weight is 268 g/mol. The molecule has 19 heavy (non-hydrogen) atoms. The van der Waals surface area contributed by atoms with Gasteiger partial charge >= 0.3 is 0 Å². The molecule has 0 spiro atoms. The summed E-state index contributed by atoms with van der Waals surface area (Å²) < 4.78 is 1.25. The molecule has 3 rings (SSSR count). The predicted octanol–water partition coefficient (Wildman–Crippen LogP) is 4.78. The number of nitrogens with one attached hydrogen (secondary N) is 1. The number of hydrogen-bond donors (Lipinski definition) is 1. The first-order valence-electron chi connectivity index (χ1n) is 6.39. The number of hydrogen-bond acceptors (Lipinski definition) is 3. The lowest BCUT2D eigenvalue weighted by Crippen LogP contribution is -2.06. The van der Waals surface area contributed by atoms with Gasteiger partial charge in [0, 0.05) is 11.9 Å². The Labute approximate surface area is 117 Å². The number of anilines is 1. The van der Waals surface area contributed by atoms with E-state index in [1.54, 1.807) is 11.3 Å². The van der Waals surface area contributed by atoms with Gasteiger partial charge < -0.3 is 5.32 Å². The fourth-order valence-corrected chi connectivity index (χ4v) is 2.87. The third kappa shape index (κ3) is 2.61. The van der Waals surface area contributed by atoms with Gasteiger partial charge in [-0.3, -0.25) is 4.98 Å². The number of thiophene rings is 1. The fourth-order valence-electron chi connectivity index (χ4n) is 2.08. The quantitative estimate of drug-likeness (QED) is 0.739. The first kappa shape index (κ1) is 12.2. The third-order valence-electron chi connectivity index (χ3n) is 3.26.